The van der Waals surface area contributed by atoms with Gasteiger partial charge in [-0.1, -0.05) is 13.8 Å². The number of hydrogen-bond acceptors (Lipinski definition) is 3. The molecular formula is C13H26N2O2. The minimum Gasteiger partial charge on any atom is -0.480 e. The number of carboxylic acids is 1. The summed E-state index contributed by atoms with van der Waals surface area (Å²) >= 11 is 0. The molecule has 1 heterocycles. The number of aliphatic carboxylic acids is 1. The molecule has 17 heavy (non-hydrogen) atoms. The van der Waals surface area contributed by atoms with Gasteiger partial charge in [0.25, 0.3) is 0 Å². The zero-order valence-corrected chi connectivity index (χ0v) is 11.1. The molecule has 4 nitrogen and oxygen atoms in total. The Kier molecular flexibility index (Phi) is 6.52. The highest BCUT2D eigenvalue weighted by molar-refractivity contribution is 5.73. The van der Waals surface area contributed by atoms with Gasteiger partial charge in [0, 0.05) is 6.54 Å². The van der Waals surface area contributed by atoms with Gasteiger partial charge in [-0.3, -0.25) is 9.69 Å². The van der Waals surface area contributed by atoms with Gasteiger partial charge in [0.2, 0.25) is 0 Å². The van der Waals surface area contributed by atoms with Crippen LogP contribution in [0.5, 0.6) is 0 Å². The van der Waals surface area contributed by atoms with Crippen molar-refractivity contribution in [3.63, 3.8) is 0 Å². The third-order valence-corrected chi connectivity index (χ3v) is 3.57. The standard InChI is InChI=1S/C13H26N2O2/c1-3-9-15(12(4-2)13(16)17)10-11-5-7-14-8-6-11/h11-12,14H,3-10H2,1-2H3,(H,16,17). The first-order valence-corrected chi connectivity index (χ1v) is 6.86. The van der Waals surface area contributed by atoms with Gasteiger partial charge >= 0.3 is 5.97 Å². The number of rotatable bonds is 7. The second-order valence-corrected chi connectivity index (χ2v) is 4.95. The predicted molar refractivity (Wildman–Crippen MR) is 69.2 cm³/mol. The largest absolute Gasteiger partial charge is 0.480 e. The van der Waals surface area contributed by atoms with Crippen molar-refractivity contribution >= 4 is 5.97 Å². The molecule has 0 aliphatic carbocycles. The average molecular weight is 242 g/mol. The van der Waals surface area contributed by atoms with Crippen LogP contribution in [0.2, 0.25) is 0 Å². The SMILES string of the molecule is CCCN(CC1CCNCC1)C(CC)C(=O)O. The van der Waals surface area contributed by atoms with E-state index in [1.54, 1.807) is 0 Å². The summed E-state index contributed by atoms with van der Waals surface area (Å²) in [7, 11) is 0. The van der Waals surface area contributed by atoms with Crippen molar-refractivity contribution in [3.8, 4) is 0 Å². The van der Waals surface area contributed by atoms with Gasteiger partial charge in [0.05, 0.1) is 0 Å². The van der Waals surface area contributed by atoms with E-state index in [1.807, 2.05) is 6.92 Å². The lowest BCUT2D eigenvalue weighted by atomic mass is 9.96. The van der Waals surface area contributed by atoms with E-state index in [9.17, 15) is 9.90 Å². The van der Waals surface area contributed by atoms with E-state index >= 15 is 0 Å². The van der Waals surface area contributed by atoms with Crippen LogP contribution in [-0.2, 0) is 4.79 Å². The van der Waals surface area contributed by atoms with Crippen molar-refractivity contribution in [2.75, 3.05) is 26.2 Å². The summed E-state index contributed by atoms with van der Waals surface area (Å²) in [5.41, 5.74) is 0. The molecule has 0 amide bonds. The molecule has 1 fully saturated rings. The highest BCUT2D eigenvalue weighted by atomic mass is 16.4. The zero-order chi connectivity index (χ0) is 12.7. The maximum Gasteiger partial charge on any atom is 0.320 e. The van der Waals surface area contributed by atoms with Crippen molar-refractivity contribution in [1.82, 2.24) is 10.2 Å². The summed E-state index contributed by atoms with van der Waals surface area (Å²) in [6.45, 7) is 8.08. The Morgan fingerprint density at radius 2 is 2.06 bits per heavy atom. The van der Waals surface area contributed by atoms with Crippen LogP contribution in [0.25, 0.3) is 0 Å². The van der Waals surface area contributed by atoms with E-state index in [0.717, 1.165) is 32.6 Å². The van der Waals surface area contributed by atoms with Crippen LogP contribution in [0.1, 0.15) is 39.5 Å². The molecule has 1 aliphatic rings. The predicted octanol–water partition coefficient (Wildman–Crippen LogP) is 1.56. The molecule has 0 aromatic carbocycles. The minimum atomic E-state index is -0.671. The summed E-state index contributed by atoms with van der Waals surface area (Å²) < 4.78 is 0. The monoisotopic (exact) mass is 242 g/mol. The molecule has 2 N–H and O–H groups in total. The van der Waals surface area contributed by atoms with Crippen LogP contribution >= 0.6 is 0 Å². The van der Waals surface area contributed by atoms with E-state index in [2.05, 4.69) is 17.1 Å². The van der Waals surface area contributed by atoms with E-state index < -0.39 is 5.97 Å². The first-order valence-electron chi connectivity index (χ1n) is 6.86. The van der Waals surface area contributed by atoms with E-state index in [4.69, 9.17) is 0 Å². The lowest BCUT2D eigenvalue weighted by Crippen LogP contribution is -2.45. The van der Waals surface area contributed by atoms with Gasteiger partial charge in [-0.25, -0.2) is 0 Å². The Labute approximate surface area is 104 Å². The fourth-order valence-electron chi connectivity index (χ4n) is 2.65. The van der Waals surface area contributed by atoms with E-state index in [-0.39, 0.29) is 6.04 Å². The molecule has 1 aliphatic heterocycles. The molecule has 0 aromatic heterocycles. The Morgan fingerprint density at radius 3 is 2.53 bits per heavy atom. The average Bonchev–Trinajstić information content (AvgIpc) is 2.31. The van der Waals surface area contributed by atoms with Crippen LogP contribution in [0.3, 0.4) is 0 Å². The third-order valence-electron chi connectivity index (χ3n) is 3.57. The second-order valence-electron chi connectivity index (χ2n) is 4.95. The number of carboxylic acid groups (broad SMARTS) is 1. The Bertz CT molecular complexity index is 227. The molecular weight excluding hydrogens is 216 g/mol. The topological polar surface area (TPSA) is 52.6 Å². The summed E-state index contributed by atoms with van der Waals surface area (Å²) in [4.78, 5) is 13.4. The normalized spacial score (nSPS) is 19.5. The Balaban J connectivity index is 2.53. The van der Waals surface area contributed by atoms with Crippen molar-refractivity contribution in [2.45, 2.75) is 45.6 Å². The molecule has 0 aromatic rings. The van der Waals surface area contributed by atoms with Crippen LogP contribution < -0.4 is 5.32 Å². The van der Waals surface area contributed by atoms with Gasteiger partial charge in [0.1, 0.15) is 6.04 Å². The maximum absolute atomic E-state index is 11.2. The molecule has 1 unspecified atom stereocenters. The van der Waals surface area contributed by atoms with Crippen LogP contribution in [0, 0.1) is 5.92 Å². The van der Waals surface area contributed by atoms with Gasteiger partial charge in [-0.05, 0) is 51.2 Å². The molecule has 0 radical (unpaired) electrons. The molecule has 4 heteroatoms. The Hall–Kier alpha value is -0.610. The molecule has 100 valence electrons. The van der Waals surface area contributed by atoms with Crippen molar-refractivity contribution in [1.29, 1.82) is 0 Å². The van der Waals surface area contributed by atoms with Crippen LogP contribution in [-0.4, -0.2) is 48.2 Å². The molecule has 1 atom stereocenters. The summed E-state index contributed by atoms with van der Waals surface area (Å²) in [5.74, 6) is -0.00826. The highest BCUT2D eigenvalue weighted by Gasteiger charge is 2.26. The van der Waals surface area contributed by atoms with E-state index in [1.165, 1.54) is 12.8 Å². The van der Waals surface area contributed by atoms with Gasteiger partial charge in [-0.2, -0.15) is 0 Å². The van der Waals surface area contributed by atoms with Gasteiger partial charge in [0.15, 0.2) is 0 Å². The van der Waals surface area contributed by atoms with Crippen molar-refractivity contribution < 1.29 is 9.90 Å². The number of piperidine rings is 1. The fourth-order valence-corrected chi connectivity index (χ4v) is 2.65. The molecule has 1 rings (SSSR count). The first kappa shape index (κ1) is 14.5. The van der Waals surface area contributed by atoms with Crippen molar-refractivity contribution in [3.05, 3.63) is 0 Å². The number of carbonyl (C=O) groups is 1. The highest BCUT2D eigenvalue weighted by Crippen LogP contribution is 2.16. The van der Waals surface area contributed by atoms with Crippen molar-refractivity contribution in [2.24, 2.45) is 5.92 Å². The van der Waals surface area contributed by atoms with Gasteiger partial charge in [-0.15, -0.1) is 0 Å². The minimum absolute atomic E-state index is 0.301. The smallest absolute Gasteiger partial charge is 0.320 e. The summed E-state index contributed by atoms with van der Waals surface area (Å²) in [6, 6.07) is -0.301. The second kappa shape index (κ2) is 7.67. The molecule has 0 bridgehead atoms. The summed E-state index contributed by atoms with van der Waals surface area (Å²) in [5, 5.41) is 12.6. The number of nitrogens with one attached hydrogen (secondary N) is 1. The first-order chi connectivity index (χ1) is 8.19. The lowest BCUT2D eigenvalue weighted by molar-refractivity contribution is -0.143. The maximum atomic E-state index is 11.2. The molecule has 0 spiro atoms. The molecule has 0 saturated carbocycles. The van der Waals surface area contributed by atoms with E-state index in [0.29, 0.717) is 12.3 Å². The fraction of sp³-hybridized carbons (Fsp3) is 0.923. The summed E-state index contributed by atoms with van der Waals surface area (Å²) in [6.07, 6.45) is 4.07. The van der Waals surface area contributed by atoms with Crippen LogP contribution in [0.4, 0.5) is 0 Å². The Morgan fingerprint density at radius 1 is 1.41 bits per heavy atom. The number of hydrogen-bond donors (Lipinski definition) is 2. The quantitative estimate of drug-likeness (QED) is 0.711. The zero-order valence-electron chi connectivity index (χ0n) is 11.1. The molecule has 1 saturated heterocycles. The number of nitrogens with zero attached hydrogens (tertiary/aromatic N) is 1. The van der Waals surface area contributed by atoms with Crippen LogP contribution in [0.15, 0.2) is 0 Å². The lowest BCUT2D eigenvalue weighted by Gasteiger charge is -2.33. The van der Waals surface area contributed by atoms with Gasteiger partial charge < -0.3 is 10.4 Å². The third kappa shape index (κ3) is 4.64.